The highest BCUT2D eigenvalue weighted by Gasteiger charge is 2.26. The summed E-state index contributed by atoms with van der Waals surface area (Å²) in [7, 11) is 0. The molecule has 1 N–H and O–H groups in total. The topological polar surface area (TPSA) is 37.3 Å². The summed E-state index contributed by atoms with van der Waals surface area (Å²) in [6.45, 7) is 5.18. The van der Waals surface area contributed by atoms with Gasteiger partial charge in [0.05, 0.1) is 0 Å². The first-order chi connectivity index (χ1) is 4.95. The third-order valence-corrected chi connectivity index (χ3v) is 2.25. The zero-order valence-electron chi connectivity index (χ0n) is 7.01. The molecule has 60 valence electrons. The van der Waals surface area contributed by atoms with E-state index in [-0.39, 0.29) is 5.78 Å². The Hall–Kier alpha value is -0.890. The minimum atomic E-state index is -0.933. The van der Waals surface area contributed by atoms with E-state index in [0.29, 0.717) is 5.57 Å². The van der Waals surface area contributed by atoms with Crippen molar-refractivity contribution in [2.75, 3.05) is 0 Å². The Kier molecular flexibility index (Phi) is 1.72. The van der Waals surface area contributed by atoms with Gasteiger partial charge in [-0.2, -0.15) is 0 Å². The summed E-state index contributed by atoms with van der Waals surface area (Å²) in [4.78, 5) is 11.0. The van der Waals surface area contributed by atoms with Crippen molar-refractivity contribution in [3.8, 4) is 0 Å². The molecule has 1 aliphatic rings. The second-order valence-corrected chi connectivity index (χ2v) is 3.10. The number of allylic oxidation sites excluding steroid dienone is 2. The molecule has 1 atom stereocenters. The lowest BCUT2D eigenvalue weighted by atomic mass is 9.86. The van der Waals surface area contributed by atoms with Crippen LogP contribution in [0.5, 0.6) is 0 Å². The highest BCUT2D eigenvalue weighted by Crippen LogP contribution is 2.25. The molecule has 0 amide bonds. The van der Waals surface area contributed by atoms with Crippen molar-refractivity contribution in [2.24, 2.45) is 0 Å². The van der Waals surface area contributed by atoms with Crippen molar-refractivity contribution in [1.82, 2.24) is 0 Å². The summed E-state index contributed by atoms with van der Waals surface area (Å²) >= 11 is 0. The Morgan fingerprint density at radius 2 is 2.00 bits per heavy atom. The molecule has 2 heteroatoms. The molecule has 0 spiro atoms. The minimum Gasteiger partial charge on any atom is -0.382 e. The van der Waals surface area contributed by atoms with Crippen LogP contribution in [0.2, 0.25) is 0 Å². The second-order valence-electron chi connectivity index (χ2n) is 3.10. The normalized spacial score (nSPS) is 31.5. The van der Waals surface area contributed by atoms with Crippen LogP contribution >= 0.6 is 0 Å². The van der Waals surface area contributed by atoms with Gasteiger partial charge in [0.2, 0.25) is 0 Å². The van der Waals surface area contributed by atoms with Gasteiger partial charge in [0.1, 0.15) is 5.60 Å². The smallest absolute Gasteiger partial charge is 0.181 e. The van der Waals surface area contributed by atoms with E-state index < -0.39 is 5.60 Å². The lowest BCUT2D eigenvalue weighted by Gasteiger charge is -2.24. The van der Waals surface area contributed by atoms with Crippen molar-refractivity contribution >= 4 is 5.78 Å². The Labute approximate surface area is 66.2 Å². The van der Waals surface area contributed by atoms with Crippen molar-refractivity contribution < 1.29 is 9.90 Å². The van der Waals surface area contributed by atoms with Crippen molar-refractivity contribution in [3.05, 3.63) is 23.3 Å². The fourth-order valence-electron chi connectivity index (χ4n) is 1.05. The van der Waals surface area contributed by atoms with Gasteiger partial charge in [0, 0.05) is 0 Å². The molecular weight excluding hydrogens is 140 g/mol. The van der Waals surface area contributed by atoms with Gasteiger partial charge in [-0.15, -0.1) is 0 Å². The monoisotopic (exact) mass is 152 g/mol. The molecule has 0 saturated heterocycles. The van der Waals surface area contributed by atoms with Gasteiger partial charge in [-0.3, -0.25) is 4.79 Å². The number of rotatable bonds is 0. The average molecular weight is 152 g/mol. The molecule has 11 heavy (non-hydrogen) atoms. The molecule has 0 aromatic rings. The quantitative estimate of drug-likeness (QED) is 0.566. The maximum Gasteiger partial charge on any atom is 0.181 e. The first kappa shape index (κ1) is 8.21. The number of aliphatic hydroxyl groups is 1. The van der Waals surface area contributed by atoms with E-state index in [2.05, 4.69) is 0 Å². The Morgan fingerprint density at radius 3 is 2.45 bits per heavy atom. The largest absolute Gasteiger partial charge is 0.382 e. The zero-order chi connectivity index (χ0) is 8.65. The molecule has 1 rings (SSSR count). The summed E-state index contributed by atoms with van der Waals surface area (Å²) in [6, 6.07) is 0. The summed E-state index contributed by atoms with van der Waals surface area (Å²) in [5, 5.41) is 9.63. The molecule has 0 fully saturated rings. The summed E-state index contributed by atoms with van der Waals surface area (Å²) < 4.78 is 0. The minimum absolute atomic E-state index is 0.00553. The number of ketones is 1. The molecule has 0 aromatic carbocycles. The van der Waals surface area contributed by atoms with Gasteiger partial charge >= 0.3 is 0 Å². The first-order valence-electron chi connectivity index (χ1n) is 3.59. The first-order valence-corrected chi connectivity index (χ1v) is 3.59. The van der Waals surface area contributed by atoms with E-state index in [1.165, 1.54) is 12.2 Å². The molecular formula is C9H12O2. The van der Waals surface area contributed by atoms with Crippen LogP contribution in [0.4, 0.5) is 0 Å². The Morgan fingerprint density at radius 1 is 1.45 bits per heavy atom. The van der Waals surface area contributed by atoms with Gasteiger partial charge in [-0.25, -0.2) is 0 Å². The molecule has 1 unspecified atom stereocenters. The maximum absolute atomic E-state index is 11.0. The van der Waals surface area contributed by atoms with Crippen LogP contribution in [0, 0.1) is 0 Å². The molecule has 0 aromatic heterocycles. The number of carbonyl (C=O) groups is 1. The van der Waals surface area contributed by atoms with Crippen LogP contribution in [0.1, 0.15) is 20.8 Å². The van der Waals surface area contributed by atoms with Gasteiger partial charge in [-0.05, 0) is 44.1 Å². The van der Waals surface area contributed by atoms with Gasteiger partial charge in [-0.1, -0.05) is 0 Å². The fourth-order valence-corrected chi connectivity index (χ4v) is 1.05. The van der Waals surface area contributed by atoms with Crippen LogP contribution in [-0.2, 0) is 4.79 Å². The third kappa shape index (κ3) is 1.26. The van der Waals surface area contributed by atoms with Gasteiger partial charge in [0.25, 0.3) is 0 Å². The van der Waals surface area contributed by atoms with Crippen LogP contribution in [0.3, 0.4) is 0 Å². The van der Waals surface area contributed by atoms with E-state index in [0.717, 1.165) is 5.57 Å². The molecule has 0 radical (unpaired) electrons. The van der Waals surface area contributed by atoms with Crippen molar-refractivity contribution in [1.29, 1.82) is 0 Å². The van der Waals surface area contributed by atoms with Gasteiger partial charge < -0.3 is 5.11 Å². The van der Waals surface area contributed by atoms with E-state index in [1.54, 1.807) is 20.8 Å². The SMILES string of the molecule is CC1=C(C)C(C)(O)C=CC1=O. The van der Waals surface area contributed by atoms with Crippen molar-refractivity contribution in [2.45, 2.75) is 26.4 Å². The van der Waals surface area contributed by atoms with Crippen LogP contribution in [-0.4, -0.2) is 16.5 Å². The summed E-state index contributed by atoms with van der Waals surface area (Å²) in [5.41, 5.74) is 0.459. The second kappa shape index (κ2) is 2.31. The van der Waals surface area contributed by atoms with E-state index in [1.807, 2.05) is 0 Å². The Bertz CT molecular complexity index is 257. The maximum atomic E-state index is 11.0. The van der Waals surface area contributed by atoms with Crippen LogP contribution in [0.25, 0.3) is 0 Å². The number of carbonyl (C=O) groups excluding carboxylic acids is 1. The lowest BCUT2D eigenvalue weighted by molar-refractivity contribution is -0.111. The molecule has 0 saturated carbocycles. The van der Waals surface area contributed by atoms with E-state index in [4.69, 9.17) is 0 Å². The molecule has 0 heterocycles. The predicted octanol–water partition coefficient (Wildman–Crippen LogP) is 1.21. The summed E-state index contributed by atoms with van der Waals surface area (Å²) in [6.07, 6.45) is 2.94. The van der Waals surface area contributed by atoms with Gasteiger partial charge in [0.15, 0.2) is 5.78 Å². The van der Waals surface area contributed by atoms with E-state index >= 15 is 0 Å². The van der Waals surface area contributed by atoms with Crippen LogP contribution < -0.4 is 0 Å². The highest BCUT2D eigenvalue weighted by atomic mass is 16.3. The number of hydrogen-bond donors (Lipinski definition) is 1. The average Bonchev–Trinajstić information content (AvgIpc) is 1.95. The molecule has 0 bridgehead atoms. The molecule has 2 nitrogen and oxygen atoms in total. The summed E-state index contributed by atoms with van der Waals surface area (Å²) in [5.74, 6) is -0.00553. The molecule has 0 aliphatic heterocycles. The predicted molar refractivity (Wildman–Crippen MR) is 43.1 cm³/mol. The van der Waals surface area contributed by atoms with Crippen molar-refractivity contribution in [3.63, 3.8) is 0 Å². The fraction of sp³-hybridized carbons (Fsp3) is 0.444. The zero-order valence-corrected chi connectivity index (χ0v) is 7.01. The Balaban J connectivity index is 3.14. The highest BCUT2D eigenvalue weighted by molar-refractivity contribution is 6.05. The standard InChI is InChI=1S/C9H12O2/c1-6-7(2)9(3,11)5-4-8(6)10/h4-5,11H,1-3H3. The number of hydrogen-bond acceptors (Lipinski definition) is 2. The lowest BCUT2D eigenvalue weighted by Crippen LogP contribution is -2.28. The van der Waals surface area contributed by atoms with Crippen LogP contribution in [0.15, 0.2) is 23.3 Å². The third-order valence-electron chi connectivity index (χ3n) is 2.25. The van der Waals surface area contributed by atoms with E-state index in [9.17, 15) is 9.90 Å². The molecule has 1 aliphatic carbocycles.